The number of rotatable bonds is 8. The fraction of sp³-hybridized carbons (Fsp3) is 0.296. The molecular weight excluding hydrogens is 436 g/mol. The standard InChI is InChI=1S/C27H29ClN2O3/c1-20-7-10-23(17-26(20)28)30-15-13-29(14-16-30)18-24(31)19-33-25-11-8-22(9-12-25)27(32)21-5-3-2-4-6-21/h2-12,17,24,31H,13-16,18-19H2,1H3. The zero-order chi connectivity index (χ0) is 23.2. The Balaban J connectivity index is 1.21. The predicted octanol–water partition coefficient (Wildman–Crippen LogP) is 4.44. The highest BCUT2D eigenvalue weighted by atomic mass is 35.5. The van der Waals surface area contributed by atoms with E-state index in [0.29, 0.717) is 23.4 Å². The lowest BCUT2D eigenvalue weighted by Crippen LogP contribution is -2.49. The maximum atomic E-state index is 12.5. The summed E-state index contributed by atoms with van der Waals surface area (Å²) in [5.41, 5.74) is 3.50. The molecule has 1 fully saturated rings. The highest BCUT2D eigenvalue weighted by molar-refractivity contribution is 6.31. The van der Waals surface area contributed by atoms with Crippen LogP contribution < -0.4 is 9.64 Å². The third-order valence-electron chi connectivity index (χ3n) is 5.96. The zero-order valence-electron chi connectivity index (χ0n) is 18.8. The number of carbonyl (C=O) groups is 1. The van der Waals surface area contributed by atoms with Crippen LogP contribution in [0.3, 0.4) is 0 Å². The van der Waals surface area contributed by atoms with Gasteiger partial charge in [-0.05, 0) is 48.9 Å². The molecule has 0 amide bonds. The molecule has 1 saturated heterocycles. The van der Waals surface area contributed by atoms with Gasteiger partial charge in [-0.2, -0.15) is 0 Å². The van der Waals surface area contributed by atoms with Gasteiger partial charge in [-0.1, -0.05) is 48.0 Å². The topological polar surface area (TPSA) is 53.0 Å². The van der Waals surface area contributed by atoms with Gasteiger partial charge < -0.3 is 14.7 Å². The average molecular weight is 465 g/mol. The average Bonchev–Trinajstić information content (AvgIpc) is 2.85. The summed E-state index contributed by atoms with van der Waals surface area (Å²) < 4.78 is 5.75. The number of nitrogens with zero attached hydrogens (tertiary/aromatic N) is 2. The first-order valence-corrected chi connectivity index (χ1v) is 11.6. The van der Waals surface area contributed by atoms with Gasteiger partial charge in [0, 0.05) is 54.6 Å². The van der Waals surface area contributed by atoms with Crippen molar-refractivity contribution < 1.29 is 14.6 Å². The minimum Gasteiger partial charge on any atom is -0.491 e. The number of aliphatic hydroxyl groups is 1. The van der Waals surface area contributed by atoms with Crippen LogP contribution in [0.2, 0.25) is 5.02 Å². The van der Waals surface area contributed by atoms with Gasteiger partial charge in [0.2, 0.25) is 0 Å². The number of aryl methyl sites for hydroxylation is 1. The van der Waals surface area contributed by atoms with Crippen molar-refractivity contribution in [2.75, 3.05) is 44.2 Å². The number of carbonyl (C=O) groups excluding carboxylic acids is 1. The third kappa shape index (κ3) is 6.14. The molecule has 0 aromatic heterocycles. The second-order valence-electron chi connectivity index (χ2n) is 8.41. The number of β-amino-alcohol motifs (C(OH)–C–C–N with tert-alkyl or cyclic N) is 1. The monoisotopic (exact) mass is 464 g/mol. The van der Waals surface area contributed by atoms with Crippen molar-refractivity contribution in [1.82, 2.24) is 4.90 Å². The van der Waals surface area contributed by atoms with Crippen LogP contribution in [-0.2, 0) is 0 Å². The molecule has 3 aromatic carbocycles. The second-order valence-corrected chi connectivity index (χ2v) is 8.81. The number of anilines is 1. The molecule has 5 nitrogen and oxygen atoms in total. The summed E-state index contributed by atoms with van der Waals surface area (Å²) in [6.45, 7) is 6.31. The predicted molar refractivity (Wildman–Crippen MR) is 133 cm³/mol. The normalized spacial score (nSPS) is 15.3. The van der Waals surface area contributed by atoms with Crippen molar-refractivity contribution in [3.05, 3.63) is 94.5 Å². The van der Waals surface area contributed by atoms with Crippen LogP contribution in [-0.4, -0.2) is 61.2 Å². The van der Waals surface area contributed by atoms with Crippen LogP contribution in [0, 0.1) is 6.92 Å². The molecule has 6 heteroatoms. The van der Waals surface area contributed by atoms with Crippen molar-refractivity contribution in [2.45, 2.75) is 13.0 Å². The Kier molecular flexibility index (Phi) is 7.65. The van der Waals surface area contributed by atoms with E-state index in [4.69, 9.17) is 16.3 Å². The second kappa shape index (κ2) is 10.8. The SMILES string of the molecule is Cc1ccc(N2CCN(CC(O)COc3ccc(C(=O)c4ccccc4)cc3)CC2)cc1Cl. The number of hydrogen-bond donors (Lipinski definition) is 1. The minimum atomic E-state index is -0.587. The van der Waals surface area contributed by atoms with E-state index in [-0.39, 0.29) is 12.4 Å². The Morgan fingerprint density at radius 2 is 1.64 bits per heavy atom. The van der Waals surface area contributed by atoms with Gasteiger partial charge in [0.25, 0.3) is 0 Å². The molecule has 0 bridgehead atoms. The number of hydrogen-bond acceptors (Lipinski definition) is 5. The lowest BCUT2D eigenvalue weighted by atomic mass is 10.0. The molecule has 1 unspecified atom stereocenters. The molecule has 0 saturated carbocycles. The van der Waals surface area contributed by atoms with E-state index in [2.05, 4.69) is 21.9 Å². The molecule has 33 heavy (non-hydrogen) atoms. The maximum Gasteiger partial charge on any atom is 0.193 e. The van der Waals surface area contributed by atoms with Crippen LogP contribution in [0.1, 0.15) is 21.5 Å². The first-order valence-electron chi connectivity index (χ1n) is 11.2. The Morgan fingerprint density at radius 3 is 2.30 bits per heavy atom. The molecule has 1 heterocycles. The van der Waals surface area contributed by atoms with Crippen molar-refractivity contribution in [3.8, 4) is 5.75 Å². The number of aliphatic hydroxyl groups excluding tert-OH is 1. The summed E-state index contributed by atoms with van der Waals surface area (Å²) in [6.07, 6.45) is -0.587. The van der Waals surface area contributed by atoms with Gasteiger partial charge in [0.15, 0.2) is 5.78 Å². The van der Waals surface area contributed by atoms with Gasteiger partial charge in [0.05, 0.1) is 0 Å². The fourth-order valence-corrected chi connectivity index (χ4v) is 4.14. The first kappa shape index (κ1) is 23.3. The van der Waals surface area contributed by atoms with Gasteiger partial charge in [-0.15, -0.1) is 0 Å². The molecule has 1 aliphatic rings. The molecule has 0 aliphatic carbocycles. The largest absolute Gasteiger partial charge is 0.491 e. The van der Waals surface area contributed by atoms with Crippen molar-refractivity contribution in [2.24, 2.45) is 0 Å². The van der Waals surface area contributed by atoms with Crippen LogP contribution >= 0.6 is 11.6 Å². The van der Waals surface area contributed by atoms with E-state index in [1.807, 2.05) is 31.2 Å². The molecule has 4 rings (SSSR count). The molecular formula is C27H29ClN2O3. The van der Waals surface area contributed by atoms with E-state index in [1.54, 1.807) is 36.4 Å². The van der Waals surface area contributed by atoms with Gasteiger partial charge in [-0.25, -0.2) is 0 Å². The van der Waals surface area contributed by atoms with Crippen LogP contribution in [0.25, 0.3) is 0 Å². The first-order chi connectivity index (χ1) is 16.0. The van der Waals surface area contributed by atoms with E-state index < -0.39 is 6.10 Å². The highest BCUT2D eigenvalue weighted by Crippen LogP contribution is 2.24. The summed E-state index contributed by atoms with van der Waals surface area (Å²) in [5, 5.41) is 11.2. The van der Waals surface area contributed by atoms with E-state index >= 15 is 0 Å². The van der Waals surface area contributed by atoms with Crippen LogP contribution in [0.15, 0.2) is 72.8 Å². The number of ketones is 1. The van der Waals surface area contributed by atoms with Crippen LogP contribution in [0.5, 0.6) is 5.75 Å². The molecule has 1 atom stereocenters. The number of benzene rings is 3. The number of halogens is 1. The Morgan fingerprint density at radius 1 is 0.970 bits per heavy atom. The van der Waals surface area contributed by atoms with E-state index in [1.165, 1.54) is 0 Å². The molecule has 1 aliphatic heterocycles. The van der Waals surface area contributed by atoms with E-state index in [9.17, 15) is 9.90 Å². The minimum absolute atomic E-state index is 0.0192. The van der Waals surface area contributed by atoms with Gasteiger partial charge >= 0.3 is 0 Å². The highest BCUT2D eigenvalue weighted by Gasteiger charge is 2.20. The summed E-state index contributed by atoms with van der Waals surface area (Å²) in [6, 6.07) is 22.4. The molecule has 172 valence electrons. The fourth-order valence-electron chi connectivity index (χ4n) is 3.97. The Labute approximate surface area is 200 Å². The maximum absolute atomic E-state index is 12.5. The lowest BCUT2D eigenvalue weighted by Gasteiger charge is -2.37. The summed E-state index contributed by atoms with van der Waals surface area (Å²) >= 11 is 6.27. The van der Waals surface area contributed by atoms with Crippen LogP contribution in [0.4, 0.5) is 5.69 Å². The van der Waals surface area contributed by atoms with E-state index in [0.717, 1.165) is 42.5 Å². The summed E-state index contributed by atoms with van der Waals surface area (Å²) in [5.74, 6) is 0.619. The quantitative estimate of drug-likeness (QED) is 0.499. The van der Waals surface area contributed by atoms with Gasteiger partial charge in [0.1, 0.15) is 18.5 Å². The van der Waals surface area contributed by atoms with Crippen molar-refractivity contribution in [1.29, 1.82) is 0 Å². The number of piperazine rings is 1. The van der Waals surface area contributed by atoms with Gasteiger partial charge in [-0.3, -0.25) is 9.69 Å². The smallest absolute Gasteiger partial charge is 0.193 e. The third-order valence-corrected chi connectivity index (χ3v) is 6.36. The lowest BCUT2D eigenvalue weighted by molar-refractivity contribution is 0.0663. The summed E-state index contributed by atoms with van der Waals surface area (Å²) in [4.78, 5) is 17.1. The molecule has 3 aromatic rings. The Hall–Kier alpha value is -2.86. The van der Waals surface area contributed by atoms with Crippen molar-refractivity contribution >= 4 is 23.1 Å². The molecule has 0 radical (unpaired) electrons. The zero-order valence-corrected chi connectivity index (χ0v) is 19.5. The Bertz CT molecular complexity index is 1060. The summed E-state index contributed by atoms with van der Waals surface area (Å²) in [7, 11) is 0. The molecule has 0 spiro atoms. The molecule has 1 N–H and O–H groups in total. The number of ether oxygens (including phenoxy) is 1. The van der Waals surface area contributed by atoms with Crippen molar-refractivity contribution in [3.63, 3.8) is 0 Å².